The highest BCUT2D eigenvalue weighted by molar-refractivity contribution is 7.07. The summed E-state index contributed by atoms with van der Waals surface area (Å²) < 4.78 is 8.63. The molecule has 0 aliphatic rings. The van der Waals surface area contributed by atoms with E-state index in [0.717, 1.165) is 11.5 Å². The predicted octanol–water partition coefficient (Wildman–Crippen LogP) is 1.38. The van der Waals surface area contributed by atoms with Crippen molar-refractivity contribution in [2.45, 2.75) is 0 Å². The average molecular weight is 250 g/mol. The second kappa shape index (κ2) is 4.79. The normalized spacial score (nSPS) is 9.94. The summed E-state index contributed by atoms with van der Waals surface area (Å²) in [7, 11) is 1.55. The molecule has 17 heavy (non-hydrogen) atoms. The monoisotopic (exact) mass is 250 g/mol. The number of methoxy groups -OCH3 is 1. The molecule has 0 atom stereocenters. The Hall–Kier alpha value is -2.15. The van der Waals surface area contributed by atoms with Crippen LogP contribution in [0.4, 0.5) is 11.4 Å². The minimum Gasteiger partial charge on any atom is -0.497 e. The van der Waals surface area contributed by atoms with Gasteiger partial charge in [-0.15, -0.1) is 5.10 Å². The zero-order valence-electron chi connectivity index (χ0n) is 9.01. The van der Waals surface area contributed by atoms with Gasteiger partial charge >= 0.3 is 0 Å². The van der Waals surface area contributed by atoms with E-state index in [1.807, 2.05) is 0 Å². The number of benzene rings is 1. The third kappa shape index (κ3) is 2.51. The molecular weight excluding hydrogens is 240 g/mol. The van der Waals surface area contributed by atoms with E-state index in [9.17, 15) is 4.79 Å². The van der Waals surface area contributed by atoms with E-state index in [0.29, 0.717) is 22.0 Å². The summed E-state index contributed by atoms with van der Waals surface area (Å²) in [5.41, 5.74) is 6.75. The lowest BCUT2D eigenvalue weighted by atomic mass is 10.2. The zero-order chi connectivity index (χ0) is 12.3. The van der Waals surface area contributed by atoms with Gasteiger partial charge in [0.05, 0.1) is 24.7 Å². The first kappa shape index (κ1) is 11.3. The predicted molar refractivity (Wildman–Crippen MR) is 65.3 cm³/mol. The number of hydrogen-bond donors (Lipinski definition) is 2. The number of carbonyl (C=O) groups is 1. The molecule has 88 valence electrons. The van der Waals surface area contributed by atoms with E-state index in [1.54, 1.807) is 25.3 Å². The second-order valence-electron chi connectivity index (χ2n) is 3.19. The largest absolute Gasteiger partial charge is 0.497 e. The van der Waals surface area contributed by atoms with Crippen molar-refractivity contribution in [3.05, 3.63) is 29.3 Å². The van der Waals surface area contributed by atoms with Crippen molar-refractivity contribution in [2.24, 2.45) is 0 Å². The lowest BCUT2D eigenvalue weighted by molar-refractivity contribution is 0.103. The minimum absolute atomic E-state index is 0.281. The van der Waals surface area contributed by atoms with E-state index in [4.69, 9.17) is 10.5 Å². The Labute approximate surface area is 102 Å². The molecule has 0 saturated carbocycles. The molecule has 0 bridgehead atoms. The van der Waals surface area contributed by atoms with Gasteiger partial charge < -0.3 is 15.8 Å². The topological polar surface area (TPSA) is 90.1 Å². The maximum atomic E-state index is 11.7. The van der Waals surface area contributed by atoms with Gasteiger partial charge in [-0.1, -0.05) is 4.49 Å². The Morgan fingerprint density at radius 2 is 2.35 bits per heavy atom. The minimum atomic E-state index is -0.281. The van der Waals surface area contributed by atoms with Gasteiger partial charge in [0.1, 0.15) is 10.6 Å². The number of ether oxygens (including phenoxy) is 1. The Bertz CT molecular complexity index is 527. The average Bonchev–Trinajstić information content (AvgIpc) is 2.85. The quantitative estimate of drug-likeness (QED) is 0.803. The van der Waals surface area contributed by atoms with E-state index in [2.05, 4.69) is 14.9 Å². The van der Waals surface area contributed by atoms with E-state index >= 15 is 0 Å². The molecule has 2 rings (SSSR count). The van der Waals surface area contributed by atoms with Gasteiger partial charge in [-0.25, -0.2) is 0 Å². The molecule has 0 spiro atoms. The summed E-state index contributed by atoms with van der Waals surface area (Å²) in [6.07, 6.45) is 1.40. The summed E-state index contributed by atoms with van der Waals surface area (Å²) in [4.78, 5) is 12.1. The van der Waals surface area contributed by atoms with Crippen molar-refractivity contribution >= 4 is 28.8 Å². The summed E-state index contributed by atoms with van der Waals surface area (Å²) in [5.74, 6) is 0.358. The highest BCUT2D eigenvalue weighted by Gasteiger charge is 2.10. The van der Waals surface area contributed by atoms with Crippen LogP contribution in [0, 0.1) is 0 Å². The molecule has 1 amide bonds. The molecule has 7 heteroatoms. The van der Waals surface area contributed by atoms with E-state index < -0.39 is 0 Å². The summed E-state index contributed by atoms with van der Waals surface area (Å²) in [6.45, 7) is 0. The van der Waals surface area contributed by atoms with Crippen molar-refractivity contribution < 1.29 is 9.53 Å². The number of nitrogens with zero attached hydrogens (tertiary/aromatic N) is 2. The fourth-order valence-electron chi connectivity index (χ4n) is 1.23. The smallest absolute Gasteiger partial charge is 0.269 e. The zero-order valence-corrected chi connectivity index (χ0v) is 9.82. The summed E-state index contributed by atoms with van der Waals surface area (Å²) in [6, 6.07) is 5.04. The second-order valence-corrected chi connectivity index (χ2v) is 3.97. The Morgan fingerprint density at radius 1 is 1.53 bits per heavy atom. The van der Waals surface area contributed by atoms with Crippen LogP contribution in [0.5, 0.6) is 5.75 Å². The highest BCUT2D eigenvalue weighted by Crippen LogP contribution is 2.24. The van der Waals surface area contributed by atoms with Gasteiger partial charge in [0.15, 0.2) is 0 Å². The van der Waals surface area contributed by atoms with Gasteiger partial charge in [-0.05, 0) is 23.7 Å². The third-order valence-electron chi connectivity index (χ3n) is 2.09. The molecule has 0 saturated heterocycles. The maximum absolute atomic E-state index is 11.7. The van der Waals surface area contributed by atoms with Crippen molar-refractivity contribution in [3.63, 3.8) is 0 Å². The first-order valence-corrected chi connectivity index (χ1v) is 5.50. The highest BCUT2D eigenvalue weighted by atomic mass is 32.1. The van der Waals surface area contributed by atoms with Gasteiger partial charge in [0, 0.05) is 6.07 Å². The number of carbonyl (C=O) groups excluding carboxylic acids is 1. The Balaban J connectivity index is 2.16. The van der Waals surface area contributed by atoms with Gasteiger partial charge in [-0.3, -0.25) is 4.79 Å². The van der Waals surface area contributed by atoms with Crippen LogP contribution in [-0.2, 0) is 0 Å². The molecule has 0 unspecified atom stereocenters. The molecule has 1 aromatic heterocycles. The molecular formula is C10H10N4O2S. The molecule has 0 aliphatic heterocycles. The van der Waals surface area contributed by atoms with E-state index in [1.165, 1.54) is 6.20 Å². The van der Waals surface area contributed by atoms with Crippen molar-refractivity contribution in [2.75, 3.05) is 18.2 Å². The summed E-state index contributed by atoms with van der Waals surface area (Å²) >= 11 is 1.03. The fraction of sp³-hybridized carbons (Fsp3) is 0.100. The lowest BCUT2D eigenvalue weighted by Crippen LogP contribution is -2.11. The first-order chi connectivity index (χ1) is 8.20. The lowest BCUT2D eigenvalue weighted by Gasteiger charge is -2.08. The van der Waals surface area contributed by atoms with Gasteiger partial charge in [0.25, 0.3) is 5.91 Å². The number of aromatic nitrogens is 2. The van der Waals surface area contributed by atoms with Crippen LogP contribution >= 0.6 is 11.5 Å². The summed E-state index contributed by atoms with van der Waals surface area (Å²) in [5, 5.41) is 6.27. The molecule has 0 aliphatic carbocycles. The number of rotatable bonds is 3. The molecule has 1 aromatic carbocycles. The van der Waals surface area contributed by atoms with Crippen LogP contribution in [0.15, 0.2) is 24.4 Å². The number of amides is 1. The molecule has 0 radical (unpaired) electrons. The first-order valence-electron chi connectivity index (χ1n) is 4.73. The van der Waals surface area contributed by atoms with Crippen molar-refractivity contribution in [1.82, 2.24) is 9.59 Å². The molecule has 1 heterocycles. The van der Waals surface area contributed by atoms with Crippen molar-refractivity contribution in [3.8, 4) is 5.75 Å². The molecule has 2 aromatic rings. The third-order valence-corrected chi connectivity index (χ3v) is 2.76. The van der Waals surface area contributed by atoms with E-state index in [-0.39, 0.29) is 5.91 Å². The van der Waals surface area contributed by atoms with Crippen LogP contribution in [0.1, 0.15) is 9.67 Å². The molecule has 0 fully saturated rings. The van der Waals surface area contributed by atoms with Gasteiger partial charge in [-0.2, -0.15) is 0 Å². The SMILES string of the molecule is COc1ccc(NC(=O)c2cnns2)c(N)c1. The van der Waals surface area contributed by atoms with Crippen LogP contribution in [-0.4, -0.2) is 22.6 Å². The number of nitrogens with one attached hydrogen (secondary N) is 1. The van der Waals surface area contributed by atoms with Gasteiger partial charge in [0.2, 0.25) is 0 Å². The van der Waals surface area contributed by atoms with Crippen molar-refractivity contribution in [1.29, 1.82) is 0 Å². The number of nitrogen functional groups attached to an aromatic ring is 1. The standard InChI is InChI=1S/C10H10N4O2S/c1-16-6-2-3-8(7(11)4-6)13-10(15)9-5-12-14-17-9/h2-5H,11H2,1H3,(H,13,15). The Kier molecular flexibility index (Phi) is 3.20. The van der Waals surface area contributed by atoms with Crippen LogP contribution in [0.25, 0.3) is 0 Å². The fourth-order valence-corrected chi connectivity index (χ4v) is 1.64. The Morgan fingerprint density at radius 3 is 2.94 bits per heavy atom. The van der Waals surface area contributed by atoms with Crippen LogP contribution in [0.3, 0.4) is 0 Å². The number of anilines is 2. The maximum Gasteiger partial charge on any atom is 0.269 e. The number of hydrogen-bond acceptors (Lipinski definition) is 6. The van der Waals surface area contributed by atoms with Crippen LogP contribution < -0.4 is 15.8 Å². The number of nitrogens with two attached hydrogens (primary N) is 1. The van der Waals surface area contributed by atoms with Crippen LogP contribution in [0.2, 0.25) is 0 Å². The molecule has 6 nitrogen and oxygen atoms in total. The molecule has 3 N–H and O–H groups in total.